The third-order valence-corrected chi connectivity index (χ3v) is 6.89. The average Bonchev–Trinajstić information content (AvgIpc) is 2.96. The monoisotopic (exact) mass is 603 g/mol. The second-order valence-corrected chi connectivity index (χ2v) is 9.78. The molecule has 5 rings (SSSR count). The molecule has 6 atom stereocenters. The summed E-state index contributed by atoms with van der Waals surface area (Å²) in [5.74, 6) is -5.47. The topological polar surface area (TPSA) is 260 Å². The fraction of sp³-hybridized carbons (Fsp3) is 0.250. The second kappa shape index (κ2) is 11.3. The summed E-state index contributed by atoms with van der Waals surface area (Å²) in [4.78, 5) is 12.9. The Morgan fingerprint density at radius 2 is 1.53 bits per heavy atom. The van der Waals surface area contributed by atoms with Crippen LogP contribution in [0.4, 0.5) is 0 Å². The first kappa shape index (κ1) is 29.4. The Bertz CT molecular complexity index is 1560. The van der Waals surface area contributed by atoms with Gasteiger partial charge in [0, 0.05) is 12.1 Å². The lowest BCUT2D eigenvalue weighted by molar-refractivity contribution is -0.294. The Labute approximate surface area is 241 Å². The Morgan fingerprint density at radius 3 is 2.19 bits per heavy atom. The Morgan fingerprint density at radius 1 is 0.837 bits per heavy atom. The maximum Gasteiger partial charge on any atom is 0.339 e. The van der Waals surface area contributed by atoms with E-state index < -0.39 is 89.4 Å². The minimum absolute atomic E-state index is 0.0886. The summed E-state index contributed by atoms with van der Waals surface area (Å²) in [5, 5.41) is 101. The quantitative estimate of drug-likeness (QED) is 0.105. The molecule has 43 heavy (non-hydrogen) atoms. The zero-order valence-corrected chi connectivity index (χ0v) is 21.8. The molecule has 0 aromatic heterocycles. The first-order valence-corrected chi connectivity index (χ1v) is 12.6. The van der Waals surface area contributed by atoms with Crippen molar-refractivity contribution in [1.82, 2.24) is 0 Å². The van der Waals surface area contributed by atoms with Crippen LogP contribution in [-0.4, -0.2) is 99.1 Å². The summed E-state index contributed by atoms with van der Waals surface area (Å²) >= 11 is 0. The Balaban J connectivity index is 1.54. The van der Waals surface area contributed by atoms with Crippen LogP contribution in [-0.2, 0) is 14.2 Å². The molecule has 0 spiro atoms. The van der Waals surface area contributed by atoms with E-state index >= 15 is 0 Å². The molecule has 3 aromatic rings. The normalized spacial score (nSPS) is 24.8. The number of aliphatic hydroxyl groups excluding tert-OH is 3. The third-order valence-electron chi connectivity index (χ3n) is 6.89. The van der Waals surface area contributed by atoms with Crippen molar-refractivity contribution >= 4 is 12.0 Å². The number of phenols is 7. The van der Waals surface area contributed by atoms with E-state index in [1.807, 2.05) is 0 Å². The second-order valence-electron chi connectivity index (χ2n) is 9.78. The van der Waals surface area contributed by atoms with E-state index in [9.17, 15) is 55.9 Å². The fourth-order valence-corrected chi connectivity index (χ4v) is 4.66. The Hall–Kier alpha value is -5.09. The molecule has 0 aliphatic carbocycles. The molecule has 3 aromatic carbocycles. The predicted molar refractivity (Wildman–Crippen MR) is 141 cm³/mol. The summed E-state index contributed by atoms with van der Waals surface area (Å²) in [7, 11) is 0. The SMILES string of the molecule is O=C(OC1C(OC2=Cc3c(O)cc(O)cc3[OH+]C2c2ccc(O)c(O)c2)OC(CO)C(O)C1O)c1cc(O)c(O)c(O)c1. The van der Waals surface area contributed by atoms with E-state index in [2.05, 4.69) is 4.74 Å². The van der Waals surface area contributed by atoms with Gasteiger partial charge in [-0.2, -0.15) is 0 Å². The molecule has 6 unspecified atom stereocenters. The zero-order valence-electron chi connectivity index (χ0n) is 21.8. The van der Waals surface area contributed by atoms with Gasteiger partial charge in [0.1, 0.15) is 35.4 Å². The van der Waals surface area contributed by atoms with E-state index in [0.717, 1.165) is 18.2 Å². The van der Waals surface area contributed by atoms with Crippen molar-refractivity contribution in [2.24, 2.45) is 0 Å². The van der Waals surface area contributed by atoms with Crippen LogP contribution in [0.1, 0.15) is 27.6 Å². The first-order chi connectivity index (χ1) is 20.4. The van der Waals surface area contributed by atoms with Crippen molar-refractivity contribution in [1.29, 1.82) is 0 Å². The molecule has 15 nitrogen and oxygen atoms in total. The molecule has 0 amide bonds. The van der Waals surface area contributed by atoms with Gasteiger partial charge in [-0.3, -0.25) is 0 Å². The van der Waals surface area contributed by atoms with Gasteiger partial charge in [0.05, 0.1) is 23.8 Å². The van der Waals surface area contributed by atoms with Gasteiger partial charge in [-0.1, -0.05) is 0 Å². The van der Waals surface area contributed by atoms with Crippen LogP contribution in [0.15, 0.2) is 48.2 Å². The fourth-order valence-electron chi connectivity index (χ4n) is 4.66. The standard InChI is InChI=1S/C28H26O15/c29-9-21-23(37)24(38)26(43-27(39)11-4-17(34)22(36)18(35)5-11)28(42-21)41-20-8-13-15(32)6-12(30)7-19(13)40-25(20)10-1-2-14(31)16(33)3-10/h1-8,21,23-26,28-38H,9H2/p+1. The van der Waals surface area contributed by atoms with E-state index in [0.29, 0.717) is 0 Å². The summed E-state index contributed by atoms with van der Waals surface area (Å²) in [6, 6.07) is 7.60. The number of rotatable bonds is 6. The van der Waals surface area contributed by atoms with Gasteiger partial charge in [-0.25, -0.2) is 4.79 Å². The molecule has 1 fully saturated rings. The van der Waals surface area contributed by atoms with Crippen molar-refractivity contribution in [3.05, 3.63) is 64.9 Å². The lowest BCUT2D eigenvalue weighted by Crippen LogP contribution is -2.60. The van der Waals surface area contributed by atoms with E-state index in [1.54, 1.807) is 0 Å². The highest BCUT2D eigenvalue weighted by Crippen LogP contribution is 2.46. The minimum atomic E-state index is -1.91. The zero-order chi connectivity index (χ0) is 31.2. The number of carbonyl (C=O) groups is 1. The van der Waals surface area contributed by atoms with Crippen molar-refractivity contribution < 1.29 is 74.8 Å². The summed E-state index contributed by atoms with van der Waals surface area (Å²) in [6.45, 7) is -0.792. The maximum atomic E-state index is 12.9. The molecule has 2 aliphatic rings. The van der Waals surface area contributed by atoms with Gasteiger partial charge in [-0.15, -0.1) is 0 Å². The van der Waals surface area contributed by atoms with Crippen LogP contribution < -0.4 is 0 Å². The number of aromatic hydroxyl groups is 8. The van der Waals surface area contributed by atoms with Crippen LogP contribution in [0.25, 0.3) is 6.08 Å². The van der Waals surface area contributed by atoms with Gasteiger partial charge < -0.3 is 70.0 Å². The van der Waals surface area contributed by atoms with Crippen LogP contribution in [0.3, 0.4) is 0 Å². The van der Waals surface area contributed by atoms with Crippen LogP contribution in [0, 0.1) is 0 Å². The number of esters is 1. The van der Waals surface area contributed by atoms with Gasteiger partial charge in [0.15, 0.2) is 40.6 Å². The highest BCUT2D eigenvalue weighted by Gasteiger charge is 2.49. The molecule has 0 bridgehead atoms. The van der Waals surface area contributed by atoms with Crippen LogP contribution >= 0.6 is 0 Å². The number of fused-ring (bicyclic) bond motifs is 1. The molecule has 2 aliphatic heterocycles. The summed E-state index contributed by atoms with van der Waals surface area (Å²) < 4.78 is 21.5. The highest BCUT2D eigenvalue weighted by atomic mass is 16.7. The first-order valence-electron chi connectivity index (χ1n) is 12.6. The molecule has 2 heterocycles. The molecule has 11 N–H and O–H groups in total. The van der Waals surface area contributed by atoms with Crippen molar-refractivity contribution in [3.63, 3.8) is 0 Å². The van der Waals surface area contributed by atoms with E-state index in [1.165, 1.54) is 30.3 Å². The summed E-state index contributed by atoms with van der Waals surface area (Å²) in [6.07, 6.45) is -8.51. The van der Waals surface area contributed by atoms with Crippen molar-refractivity contribution in [2.45, 2.75) is 36.8 Å². The van der Waals surface area contributed by atoms with E-state index in [-0.39, 0.29) is 28.4 Å². The van der Waals surface area contributed by atoms with Crippen LogP contribution in [0.5, 0.6) is 46.0 Å². The number of hydrogen-bond donors (Lipinski definition) is 10. The molecular weight excluding hydrogens is 576 g/mol. The van der Waals surface area contributed by atoms with Gasteiger partial charge >= 0.3 is 5.97 Å². The molecular formula is C28H27O15+. The average molecular weight is 604 g/mol. The van der Waals surface area contributed by atoms with Crippen LogP contribution in [0.2, 0.25) is 0 Å². The molecule has 1 saturated heterocycles. The van der Waals surface area contributed by atoms with E-state index in [4.69, 9.17) is 14.2 Å². The number of carbonyl (C=O) groups excluding carboxylic acids is 1. The van der Waals surface area contributed by atoms with Gasteiger partial charge in [0.25, 0.3) is 11.9 Å². The highest BCUT2D eigenvalue weighted by molar-refractivity contribution is 5.91. The predicted octanol–water partition coefficient (Wildman–Crippen LogP) is 0.644. The number of phenolic OH excluding ortho intramolecular Hbond substituents is 7. The number of ether oxygens (including phenoxy) is 4. The molecule has 0 saturated carbocycles. The maximum absolute atomic E-state index is 12.9. The minimum Gasteiger partial charge on any atom is -0.571 e. The molecule has 228 valence electrons. The van der Waals surface area contributed by atoms with Crippen molar-refractivity contribution in [2.75, 3.05) is 6.61 Å². The number of hydrogen-bond acceptors (Lipinski definition) is 14. The molecule has 0 radical (unpaired) electrons. The summed E-state index contributed by atoms with van der Waals surface area (Å²) in [5.41, 5.74) is -0.125. The van der Waals surface area contributed by atoms with Gasteiger partial charge in [-0.05, 0) is 30.3 Å². The number of aliphatic hydroxyl groups is 4. The number of benzene rings is 3. The Kier molecular flexibility index (Phi) is 7.72. The lowest BCUT2D eigenvalue weighted by atomic mass is 9.98. The largest absolute Gasteiger partial charge is 0.571 e. The van der Waals surface area contributed by atoms with Crippen molar-refractivity contribution in [3.8, 4) is 46.0 Å². The lowest BCUT2D eigenvalue weighted by Gasteiger charge is -2.42. The van der Waals surface area contributed by atoms with Gasteiger partial charge in [0.2, 0.25) is 6.29 Å². The molecule has 15 heteroatoms. The third kappa shape index (κ3) is 5.56. The smallest absolute Gasteiger partial charge is 0.339 e.